The molecule has 4 saturated carbocycles. The standard InChI is InChI=1S/C26H41F3O3/c1-5-6-15(2)19-9-10-20-18-8-7-16-13-17(32-23(31)26(27,28)29)11-12-24(16,3)21(18)14-22(30)25(19,20)4/h15-22,30H,5-14H2,1-4H3/t15-,16-,17-,18+,19-,20+,21+,22+,24+,25-/m1/s1. The molecule has 10 atom stereocenters. The summed E-state index contributed by atoms with van der Waals surface area (Å²) in [7, 11) is 0. The lowest BCUT2D eigenvalue weighted by molar-refractivity contribution is -0.213. The maximum atomic E-state index is 12.7. The van der Waals surface area contributed by atoms with Gasteiger partial charge in [-0.3, -0.25) is 0 Å². The Hall–Kier alpha value is -0.780. The summed E-state index contributed by atoms with van der Waals surface area (Å²) in [5.74, 6) is 0.960. The zero-order valence-electron chi connectivity index (χ0n) is 20.1. The second-order valence-electron chi connectivity index (χ2n) is 12.0. The molecule has 4 fully saturated rings. The van der Waals surface area contributed by atoms with Crippen molar-refractivity contribution < 1.29 is 27.8 Å². The van der Waals surface area contributed by atoms with E-state index >= 15 is 0 Å². The first-order valence-electron chi connectivity index (χ1n) is 12.9. The van der Waals surface area contributed by atoms with Crippen molar-refractivity contribution in [3.8, 4) is 0 Å². The Morgan fingerprint density at radius 1 is 1.09 bits per heavy atom. The monoisotopic (exact) mass is 458 g/mol. The largest absolute Gasteiger partial charge is 0.490 e. The fourth-order valence-electron chi connectivity index (χ4n) is 9.13. The van der Waals surface area contributed by atoms with Crippen molar-refractivity contribution in [2.24, 2.45) is 46.3 Å². The van der Waals surface area contributed by atoms with Crippen LogP contribution in [0, 0.1) is 46.3 Å². The quantitative estimate of drug-likeness (QED) is 0.488. The molecule has 3 nitrogen and oxygen atoms in total. The van der Waals surface area contributed by atoms with E-state index in [4.69, 9.17) is 4.74 Å². The fourth-order valence-corrected chi connectivity index (χ4v) is 9.13. The van der Waals surface area contributed by atoms with Gasteiger partial charge in [-0.2, -0.15) is 13.2 Å². The number of fused-ring (bicyclic) bond motifs is 5. The third-order valence-electron chi connectivity index (χ3n) is 10.7. The molecule has 0 unspecified atom stereocenters. The molecule has 4 rings (SSSR count). The van der Waals surface area contributed by atoms with Gasteiger partial charge in [-0.05, 0) is 97.7 Å². The van der Waals surface area contributed by atoms with E-state index in [1.807, 2.05) is 0 Å². The van der Waals surface area contributed by atoms with Crippen LogP contribution in [0.1, 0.15) is 91.9 Å². The zero-order chi connectivity index (χ0) is 23.5. The van der Waals surface area contributed by atoms with Crippen molar-refractivity contribution in [3.63, 3.8) is 0 Å². The summed E-state index contributed by atoms with van der Waals surface area (Å²) in [6, 6.07) is 0. The molecule has 184 valence electrons. The van der Waals surface area contributed by atoms with Crippen LogP contribution in [0.2, 0.25) is 0 Å². The number of ether oxygens (including phenoxy) is 1. The third kappa shape index (κ3) is 3.80. The molecule has 0 bridgehead atoms. The van der Waals surface area contributed by atoms with Crippen LogP contribution >= 0.6 is 0 Å². The van der Waals surface area contributed by atoms with Crippen LogP contribution in [-0.4, -0.2) is 29.5 Å². The molecule has 0 aromatic heterocycles. The maximum absolute atomic E-state index is 12.7. The number of halogens is 3. The molecule has 6 heteroatoms. The fraction of sp³-hybridized carbons (Fsp3) is 0.962. The highest BCUT2D eigenvalue weighted by Gasteiger charge is 2.64. The minimum atomic E-state index is -4.93. The van der Waals surface area contributed by atoms with Crippen LogP contribution in [0.4, 0.5) is 13.2 Å². The molecule has 1 N–H and O–H groups in total. The Balaban J connectivity index is 1.50. The van der Waals surface area contributed by atoms with Gasteiger partial charge in [0.25, 0.3) is 0 Å². The number of carbonyl (C=O) groups is 1. The van der Waals surface area contributed by atoms with Gasteiger partial charge >= 0.3 is 12.1 Å². The van der Waals surface area contributed by atoms with Crippen LogP contribution < -0.4 is 0 Å². The third-order valence-corrected chi connectivity index (χ3v) is 10.7. The molecule has 0 heterocycles. The van der Waals surface area contributed by atoms with Crippen molar-refractivity contribution in [1.82, 2.24) is 0 Å². The second kappa shape index (κ2) is 8.46. The number of aliphatic hydroxyl groups excluding tert-OH is 1. The first kappa shape index (κ1) is 24.3. The van der Waals surface area contributed by atoms with Crippen LogP contribution in [0.5, 0.6) is 0 Å². The van der Waals surface area contributed by atoms with E-state index in [1.54, 1.807) is 0 Å². The first-order valence-corrected chi connectivity index (χ1v) is 12.9. The van der Waals surface area contributed by atoms with Crippen molar-refractivity contribution in [2.75, 3.05) is 0 Å². The van der Waals surface area contributed by atoms with Gasteiger partial charge in [-0.25, -0.2) is 4.79 Å². The number of carbonyl (C=O) groups excluding carboxylic acids is 1. The Bertz CT molecular complexity index is 709. The summed E-state index contributed by atoms with van der Waals surface area (Å²) in [6.07, 6.45) is 3.62. The Morgan fingerprint density at radius 2 is 1.81 bits per heavy atom. The average Bonchev–Trinajstić information content (AvgIpc) is 3.07. The molecule has 0 saturated heterocycles. The van der Waals surface area contributed by atoms with Gasteiger partial charge in [-0.1, -0.05) is 40.5 Å². The van der Waals surface area contributed by atoms with Crippen LogP contribution in [-0.2, 0) is 9.53 Å². The van der Waals surface area contributed by atoms with Crippen LogP contribution in [0.15, 0.2) is 0 Å². The Kier molecular flexibility index (Phi) is 6.44. The number of aliphatic hydroxyl groups is 1. The molecule has 32 heavy (non-hydrogen) atoms. The molecule has 0 radical (unpaired) electrons. The zero-order valence-corrected chi connectivity index (χ0v) is 20.1. The molecular weight excluding hydrogens is 417 g/mol. The molecule has 0 aromatic rings. The average molecular weight is 459 g/mol. The van der Waals surface area contributed by atoms with E-state index in [0.29, 0.717) is 42.4 Å². The summed E-state index contributed by atoms with van der Waals surface area (Å²) >= 11 is 0. The van der Waals surface area contributed by atoms with E-state index in [9.17, 15) is 23.1 Å². The minimum absolute atomic E-state index is 0.0134. The van der Waals surface area contributed by atoms with Crippen molar-refractivity contribution in [1.29, 1.82) is 0 Å². The lowest BCUT2D eigenvalue weighted by Crippen LogP contribution is -2.59. The van der Waals surface area contributed by atoms with Gasteiger partial charge in [0.05, 0.1) is 6.10 Å². The van der Waals surface area contributed by atoms with Gasteiger partial charge in [-0.15, -0.1) is 0 Å². The summed E-state index contributed by atoms with van der Waals surface area (Å²) in [5.41, 5.74) is -0.00210. The smallest absolute Gasteiger partial charge is 0.456 e. The van der Waals surface area contributed by atoms with E-state index in [2.05, 4.69) is 27.7 Å². The Labute approximate surface area is 190 Å². The van der Waals surface area contributed by atoms with Crippen molar-refractivity contribution in [2.45, 2.75) is 110 Å². The molecule has 0 spiro atoms. The molecule has 4 aliphatic carbocycles. The molecule has 0 amide bonds. The van der Waals surface area contributed by atoms with Gasteiger partial charge in [0.15, 0.2) is 0 Å². The Morgan fingerprint density at radius 3 is 2.47 bits per heavy atom. The maximum Gasteiger partial charge on any atom is 0.490 e. The van der Waals surface area contributed by atoms with Crippen LogP contribution in [0.25, 0.3) is 0 Å². The second-order valence-corrected chi connectivity index (χ2v) is 12.0. The van der Waals surface area contributed by atoms with E-state index < -0.39 is 18.2 Å². The summed E-state index contributed by atoms with van der Waals surface area (Å²) in [4.78, 5) is 11.4. The van der Waals surface area contributed by atoms with E-state index in [1.165, 1.54) is 25.7 Å². The van der Waals surface area contributed by atoms with E-state index in [-0.39, 0.29) is 22.9 Å². The van der Waals surface area contributed by atoms with Gasteiger partial charge in [0.1, 0.15) is 6.10 Å². The predicted octanol–water partition coefficient (Wildman–Crippen LogP) is 6.53. The number of hydrogen-bond acceptors (Lipinski definition) is 3. The highest BCUT2D eigenvalue weighted by atomic mass is 19.4. The summed E-state index contributed by atoms with van der Waals surface area (Å²) in [6.45, 7) is 9.26. The molecular formula is C26H41F3O3. The molecule has 0 aromatic carbocycles. The normalized spacial score (nSPS) is 47.2. The van der Waals surface area contributed by atoms with Crippen molar-refractivity contribution in [3.05, 3.63) is 0 Å². The van der Waals surface area contributed by atoms with Crippen LogP contribution in [0.3, 0.4) is 0 Å². The molecule has 4 aliphatic rings. The predicted molar refractivity (Wildman–Crippen MR) is 117 cm³/mol. The SMILES string of the molecule is CCC[C@@H](C)[C@H]1CC[C@H]2[C@@H]3CC[C@@H]4C[C@H](OC(=O)C(F)(F)F)CC[C@]4(C)[C@H]3C[C@H](O)[C@]12C. The van der Waals surface area contributed by atoms with Gasteiger partial charge < -0.3 is 9.84 Å². The molecule has 0 aliphatic heterocycles. The minimum Gasteiger partial charge on any atom is -0.456 e. The lowest BCUT2D eigenvalue weighted by Gasteiger charge is -2.62. The highest BCUT2D eigenvalue weighted by molar-refractivity contribution is 5.75. The topological polar surface area (TPSA) is 46.5 Å². The van der Waals surface area contributed by atoms with Gasteiger partial charge in [0.2, 0.25) is 0 Å². The first-order chi connectivity index (χ1) is 14.9. The number of esters is 1. The number of rotatable bonds is 4. The highest BCUT2D eigenvalue weighted by Crippen LogP contribution is 2.68. The van der Waals surface area contributed by atoms with Gasteiger partial charge in [0, 0.05) is 0 Å². The van der Waals surface area contributed by atoms with Crippen molar-refractivity contribution >= 4 is 5.97 Å². The lowest BCUT2D eigenvalue weighted by atomic mass is 9.43. The summed E-state index contributed by atoms with van der Waals surface area (Å²) in [5, 5.41) is 11.5. The van der Waals surface area contributed by atoms with E-state index in [0.717, 1.165) is 25.7 Å². The summed E-state index contributed by atoms with van der Waals surface area (Å²) < 4.78 is 42.9. The number of alkyl halides is 3. The number of hydrogen-bond donors (Lipinski definition) is 1.